The Labute approximate surface area is 151 Å². The van der Waals surface area contributed by atoms with Crippen LogP contribution in [0.25, 0.3) is 11.0 Å². The van der Waals surface area contributed by atoms with Gasteiger partial charge in [-0.25, -0.2) is 23.4 Å². The Kier molecular flexibility index (Phi) is 3.83. The molecule has 0 amide bonds. The van der Waals surface area contributed by atoms with Crippen LogP contribution in [0.4, 0.5) is 11.6 Å². The standard InChI is InChI=1S/C17H20N6O2S/c1-10(21-15-8-14(18)19-9-20-15)17-22-12-4-3-5-13(26(2,24)25)16(12)23(17)11-6-7-11/h3-5,8-11H,6-7H2,1-2H3,(H3,18,19,20,21)/t10-/m1/s1. The first kappa shape index (κ1) is 16.8. The maximum absolute atomic E-state index is 12.3. The molecule has 2 aromatic heterocycles. The Morgan fingerprint density at radius 3 is 2.73 bits per heavy atom. The molecule has 0 bridgehead atoms. The molecule has 2 heterocycles. The Hall–Kier alpha value is -2.68. The number of imidazole rings is 1. The minimum Gasteiger partial charge on any atom is -0.384 e. The molecule has 0 spiro atoms. The first-order chi connectivity index (χ1) is 12.3. The largest absolute Gasteiger partial charge is 0.384 e. The van der Waals surface area contributed by atoms with Gasteiger partial charge in [0.1, 0.15) is 23.8 Å². The number of aromatic nitrogens is 4. The number of benzene rings is 1. The predicted octanol–water partition coefficient (Wildman–Crippen LogP) is 2.32. The molecule has 4 rings (SSSR count). The zero-order chi connectivity index (χ0) is 18.5. The lowest BCUT2D eigenvalue weighted by atomic mass is 10.3. The second-order valence-electron chi connectivity index (χ2n) is 6.66. The lowest BCUT2D eigenvalue weighted by Crippen LogP contribution is -2.15. The zero-order valence-corrected chi connectivity index (χ0v) is 15.4. The van der Waals surface area contributed by atoms with E-state index >= 15 is 0 Å². The Bertz CT molecular complexity index is 1090. The fraction of sp³-hybridized carbons (Fsp3) is 0.353. The average molecular weight is 372 g/mol. The number of para-hydroxylation sites is 1. The molecular formula is C17H20N6O2S. The van der Waals surface area contributed by atoms with Gasteiger partial charge >= 0.3 is 0 Å². The minimum atomic E-state index is -3.35. The Balaban J connectivity index is 1.84. The summed E-state index contributed by atoms with van der Waals surface area (Å²) in [5.41, 5.74) is 7.08. The summed E-state index contributed by atoms with van der Waals surface area (Å²) in [5, 5.41) is 3.28. The summed E-state index contributed by atoms with van der Waals surface area (Å²) in [5.74, 6) is 1.77. The maximum Gasteiger partial charge on any atom is 0.177 e. The van der Waals surface area contributed by atoms with Crippen molar-refractivity contribution >= 4 is 32.5 Å². The van der Waals surface area contributed by atoms with Gasteiger partial charge in [0.2, 0.25) is 0 Å². The number of hydrogen-bond donors (Lipinski definition) is 2. The molecule has 3 N–H and O–H groups in total. The Morgan fingerprint density at radius 2 is 2.08 bits per heavy atom. The molecule has 0 unspecified atom stereocenters. The van der Waals surface area contributed by atoms with Gasteiger partial charge in [0.25, 0.3) is 0 Å². The molecule has 1 saturated carbocycles. The number of anilines is 2. The van der Waals surface area contributed by atoms with E-state index in [4.69, 9.17) is 10.7 Å². The van der Waals surface area contributed by atoms with Crippen LogP contribution in [0.3, 0.4) is 0 Å². The van der Waals surface area contributed by atoms with E-state index in [1.54, 1.807) is 18.2 Å². The molecule has 3 aromatic rings. The van der Waals surface area contributed by atoms with Crippen molar-refractivity contribution in [2.24, 2.45) is 0 Å². The highest BCUT2D eigenvalue weighted by atomic mass is 32.2. The summed E-state index contributed by atoms with van der Waals surface area (Å²) in [7, 11) is -3.35. The van der Waals surface area contributed by atoms with Gasteiger partial charge in [-0.2, -0.15) is 0 Å². The van der Waals surface area contributed by atoms with Crippen LogP contribution < -0.4 is 11.1 Å². The molecule has 8 nitrogen and oxygen atoms in total. The molecule has 1 fully saturated rings. The van der Waals surface area contributed by atoms with Crippen LogP contribution in [0.2, 0.25) is 0 Å². The second kappa shape index (κ2) is 5.94. The normalized spacial score (nSPS) is 15.9. The van der Waals surface area contributed by atoms with Crippen LogP contribution >= 0.6 is 0 Å². The van der Waals surface area contributed by atoms with Gasteiger partial charge in [0.05, 0.1) is 22.0 Å². The van der Waals surface area contributed by atoms with E-state index in [1.807, 2.05) is 13.0 Å². The van der Waals surface area contributed by atoms with E-state index in [9.17, 15) is 8.42 Å². The van der Waals surface area contributed by atoms with Crippen molar-refractivity contribution in [1.82, 2.24) is 19.5 Å². The van der Waals surface area contributed by atoms with Crippen molar-refractivity contribution in [2.75, 3.05) is 17.3 Å². The zero-order valence-electron chi connectivity index (χ0n) is 14.5. The number of sulfone groups is 1. The third kappa shape index (κ3) is 2.98. The number of nitrogens with one attached hydrogen (secondary N) is 1. The summed E-state index contributed by atoms with van der Waals surface area (Å²) in [4.78, 5) is 13.1. The number of nitrogens with two attached hydrogens (primary N) is 1. The van der Waals surface area contributed by atoms with Crippen molar-refractivity contribution in [1.29, 1.82) is 0 Å². The molecule has 1 aliphatic carbocycles. The molecule has 0 saturated heterocycles. The smallest absolute Gasteiger partial charge is 0.177 e. The summed E-state index contributed by atoms with van der Waals surface area (Å²) >= 11 is 0. The molecular weight excluding hydrogens is 352 g/mol. The highest BCUT2D eigenvalue weighted by molar-refractivity contribution is 7.91. The van der Waals surface area contributed by atoms with Crippen LogP contribution in [0.5, 0.6) is 0 Å². The number of hydrogen-bond acceptors (Lipinski definition) is 7. The molecule has 0 radical (unpaired) electrons. The topological polar surface area (TPSA) is 116 Å². The first-order valence-corrected chi connectivity index (χ1v) is 10.3. The Morgan fingerprint density at radius 1 is 1.31 bits per heavy atom. The van der Waals surface area contributed by atoms with Crippen molar-refractivity contribution in [2.45, 2.75) is 36.7 Å². The third-order valence-corrected chi connectivity index (χ3v) is 5.58. The fourth-order valence-corrected chi connectivity index (χ4v) is 4.06. The van der Waals surface area contributed by atoms with E-state index in [-0.39, 0.29) is 12.1 Å². The van der Waals surface area contributed by atoms with Crippen LogP contribution in [0.1, 0.15) is 37.7 Å². The van der Waals surface area contributed by atoms with Crippen LogP contribution in [-0.4, -0.2) is 34.2 Å². The third-order valence-electron chi connectivity index (χ3n) is 4.45. The first-order valence-electron chi connectivity index (χ1n) is 8.39. The fourth-order valence-electron chi connectivity index (χ4n) is 3.18. The summed E-state index contributed by atoms with van der Waals surface area (Å²) in [6.45, 7) is 1.97. The molecule has 1 aromatic carbocycles. The molecule has 9 heteroatoms. The van der Waals surface area contributed by atoms with Crippen LogP contribution in [-0.2, 0) is 9.84 Å². The number of nitrogens with zero attached hydrogens (tertiary/aromatic N) is 4. The molecule has 136 valence electrons. The van der Waals surface area contributed by atoms with E-state index in [2.05, 4.69) is 19.9 Å². The summed E-state index contributed by atoms with van der Waals surface area (Å²) < 4.78 is 26.6. The lowest BCUT2D eigenvalue weighted by molar-refractivity contribution is 0.601. The van der Waals surface area contributed by atoms with E-state index in [1.165, 1.54) is 12.6 Å². The summed E-state index contributed by atoms with van der Waals surface area (Å²) in [6, 6.07) is 6.98. The highest BCUT2D eigenvalue weighted by Gasteiger charge is 2.32. The highest BCUT2D eigenvalue weighted by Crippen LogP contribution is 2.41. The molecule has 1 aliphatic rings. The summed E-state index contributed by atoms with van der Waals surface area (Å²) in [6.07, 6.45) is 4.67. The van der Waals surface area contributed by atoms with Gasteiger partial charge in [0.15, 0.2) is 9.84 Å². The van der Waals surface area contributed by atoms with Crippen molar-refractivity contribution in [3.63, 3.8) is 0 Å². The minimum absolute atomic E-state index is 0.176. The van der Waals surface area contributed by atoms with Crippen molar-refractivity contribution < 1.29 is 8.42 Å². The van der Waals surface area contributed by atoms with Gasteiger partial charge in [0, 0.05) is 18.4 Å². The van der Waals surface area contributed by atoms with Gasteiger partial charge in [-0.3, -0.25) is 0 Å². The number of rotatable bonds is 5. The van der Waals surface area contributed by atoms with Gasteiger partial charge in [-0.1, -0.05) is 6.07 Å². The van der Waals surface area contributed by atoms with Gasteiger partial charge < -0.3 is 15.6 Å². The molecule has 1 atom stereocenters. The lowest BCUT2D eigenvalue weighted by Gasteiger charge is -2.17. The van der Waals surface area contributed by atoms with E-state index < -0.39 is 9.84 Å². The van der Waals surface area contributed by atoms with Gasteiger partial charge in [-0.05, 0) is 31.9 Å². The van der Waals surface area contributed by atoms with E-state index in [0.29, 0.717) is 27.6 Å². The van der Waals surface area contributed by atoms with Gasteiger partial charge in [-0.15, -0.1) is 0 Å². The molecule has 26 heavy (non-hydrogen) atoms. The predicted molar refractivity (Wildman–Crippen MR) is 99.6 cm³/mol. The average Bonchev–Trinajstić information content (AvgIpc) is 3.32. The van der Waals surface area contributed by atoms with E-state index in [0.717, 1.165) is 18.7 Å². The monoisotopic (exact) mass is 372 g/mol. The van der Waals surface area contributed by atoms with Crippen LogP contribution in [0, 0.1) is 0 Å². The number of nitrogen functional groups attached to an aromatic ring is 1. The van der Waals surface area contributed by atoms with Crippen molar-refractivity contribution in [3.8, 4) is 0 Å². The van der Waals surface area contributed by atoms with Crippen LogP contribution in [0.15, 0.2) is 35.5 Å². The number of fused-ring (bicyclic) bond motifs is 1. The quantitative estimate of drug-likeness (QED) is 0.706. The SMILES string of the molecule is C[C@@H](Nc1cc(N)ncn1)c1nc2cccc(S(C)(=O)=O)c2n1C1CC1. The molecule has 0 aliphatic heterocycles. The van der Waals surface area contributed by atoms with Crippen molar-refractivity contribution in [3.05, 3.63) is 36.4 Å². The maximum atomic E-state index is 12.3. The second-order valence-corrected chi connectivity index (χ2v) is 8.65.